The molecule has 7 rings (SSSR count). The number of aryl methyl sites for hydroxylation is 3. The van der Waals surface area contributed by atoms with Crippen LogP contribution in [0.25, 0.3) is 0 Å². The fourth-order valence-electron chi connectivity index (χ4n) is 8.48. The highest BCUT2D eigenvalue weighted by Gasteiger charge is 2.45. The second kappa shape index (κ2) is 15.2. The Balaban J connectivity index is 1.31. The molecule has 4 aliphatic rings. The third-order valence-electron chi connectivity index (χ3n) is 11.5. The van der Waals surface area contributed by atoms with E-state index in [4.69, 9.17) is 9.47 Å². The SMILES string of the molecule is CCn1cc(C(=O)NS2(=O)=NC(=O)c3ccc4c(c3)N(C[C@@H]3CC[C@H]3[C@@H](OC(=O)N(C)C)/C=C/C[C@H](C)C2)C[C@@]2(CCCc3cc(C)ccc32)CO4)cn1. The number of anilines is 1. The van der Waals surface area contributed by atoms with Gasteiger partial charge < -0.3 is 19.3 Å². The van der Waals surface area contributed by atoms with Gasteiger partial charge in [0.05, 0.1) is 29.8 Å². The van der Waals surface area contributed by atoms with E-state index in [1.165, 1.54) is 27.8 Å². The van der Waals surface area contributed by atoms with Gasteiger partial charge in [0.25, 0.3) is 11.8 Å². The molecule has 0 saturated heterocycles. The Labute approximate surface area is 318 Å². The molecule has 2 bridgehead atoms. The Hall–Kier alpha value is -4.65. The maximum atomic E-state index is 14.6. The van der Waals surface area contributed by atoms with Crippen LogP contribution in [0.4, 0.5) is 10.5 Å². The minimum atomic E-state index is -3.59. The number of hydrogen-bond donors (Lipinski definition) is 1. The lowest BCUT2D eigenvalue weighted by Gasteiger charge is -2.46. The number of nitrogens with one attached hydrogen (secondary N) is 1. The molecule has 3 aromatic rings. The first-order valence-corrected chi connectivity index (χ1v) is 20.8. The minimum absolute atomic E-state index is 0.0630. The molecule has 2 aliphatic heterocycles. The van der Waals surface area contributed by atoms with Crippen LogP contribution in [0.1, 0.15) is 83.4 Å². The van der Waals surface area contributed by atoms with Gasteiger partial charge in [0.1, 0.15) is 21.8 Å². The van der Waals surface area contributed by atoms with Crippen molar-refractivity contribution in [3.63, 3.8) is 0 Å². The molecule has 1 N–H and O–H groups in total. The van der Waals surface area contributed by atoms with Gasteiger partial charge >= 0.3 is 6.09 Å². The van der Waals surface area contributed by atoms with Gasteiger partial charge in [-0.15, -0.1) is 4.36 Å². The van der Waals surface area contributed by atoms with Gasteiger partial charge in [-0.2, -0.15) is 5.10 Å². The van der Waals surface area contributed by atoms with Crippen LogP contribution >= 0.6 is 0 Å². The molecule has 1 aromatic heterocycles. The number of carbonyl (C=O) groups is 3. The summed E-state index contributed by atoms with van der Waals surface area (Å²) >= 11 is 0. The fourth-order valence-corrected chi connectivity index (χ4v) is 10.4. The highest BCUT2D eigenvalue weighted by molar-refractivity contribution is 7.92. The number of amides is 3. The third-order valence-corrected chi connectivity index (χ3v) is 13.5. The van der Waals surface area contributed by atoms with Crippen molar-refractivity contribution < 1.29 is 28.1 Å². The molecule has 2 aromatic carbocycles. The molecule has 54 heavy (non-hydrogen) atoms. The van der Waals surface area contributed by atoms with Gasteiger partial charge in [-0.25, -0.2) is 9.00 Å². The Morgan fingerprint density at radius 2 is 2.00 bits per heavy atom. The monoisotopic (exact) mass is 756 g/mol. The minimum Gasteiger partial charge on any atom is -0.490 e. The first-order chi connectivity index (χ1) is 25.8. The molecule has 3 amide bonds. The molecule has 1 saturated carbocycles. The second-order valence-corrected chi connectivity index (χ2v) is 17.9. The number of rotatable bonds is 4. The lowest BCUT2D eigenvalue weighted by Crippen LogP contribution is -2.50. The Morgan fingerprint density at radius 3 is 2.74 bits per heavy atom. The molecular weight excluding hydrogens is 705 g/mol. The van der Waals surface area contributed by atoms with Gasteiger partial charge in [0.15, 0.2) is 0 Å². The van der Waals surface area contributed by atoms with Crippen LogP contribution in [0.2, 0.25) is 0 Å². The predicted molar refractivity (Wildman–Crippen MR) is 208 cm³/mol. The number of fused-ring (bicyclic) bond motifs is 4. The first-order valence-electron chi connectivity index (χ1n) is 19.2. The molecule has 0 radical (unpaired) electrons. The zero-order chi connectivity index (χ0) is 38.2. The molecule has 1 fully saturated rings. The zero-order valence-electron chi connectivity index (χ0n) is 32.0. The van der Waals surface area contributed by atoms with E-state index in [0.29, 0.717) is 38.4 Å². The predicted octanol–water partition coefficient (Wildman–Crippen LogP) is 6.33. The van der Waals surface area contributed by atoms with Gasteiger partial charge in [-0.1, -0.05) is 36.8 Å². The Kier molecular flexibility index (Phi) is 10.6. The van der Waals surface area contributed by atoms with Crippen molar-refractivity contribution in [2.75, 3.05) is 44.4 Å². The summed E-state index contributed by atoms with van der Waals surface area (Å²) < 4.78 is 35.9. The van der Waals surface area contributed by atoms with E-state index in [1.807, 2.05) is 32.1 Å². The Bertz CT molecular complexity index is 2080. The highest BCUT2D eigenvalue weighted by Crippen LogP contribution is 2.47. The zero-order valence-corrected chi connectivity index (χ0v) is 32.8. The van der Waals surface area contributed by atoms with Crippen molar-refractivity contribution in [3.05, 3.63) is 88.8 Å². The van der Waals surface area contributed by atoms with E-state index >= 15 is 0 Å². The van der Waals surface area contributed by atoms with E-state index in [-0.39, 0.29) is 40.0 Å². The van der Waals surface area contributed by atoms with Gasteiger partial charge in [-0.3, -0.25) is 19.0 Å². The van der Waals surface area contributed by atoms with Crippen LogP contribution in [0.15, 0.2) is 65.3 Å². The van der Waals surface area contributed by atoms with Gasteiger partial charge in [0, 0.05) is 56.8 Å². The molecule has 1 unspecified atom stereocenters. The van der Waals surface area contributed by atoms with E-state index in [1.54, 1.807) is 37.1 Å². The number of hydrogen-bond acceptors (Lipinski definition) is 8. The maximum Gasteiger partial charge on any atom is 0.409 e. The summed E-state index contributed by atoms with van der Waals surface area (Å²) in [6.07, 6.45) is 11.4. The summed E-state index contributed by atoms with van der Waals surface area (Å²) in [5, 5.41) is 4.18. The van der Waals surface area contributed by atoms with Crippen molar-refractivity contribution in [2.45, 2.75) is 77.4 Å². The number of nitrogens with zero attached hydrogens (tertiary/aromatic N) is 5. The van der Waals surface area contributed by atoms with E-state index < -0.39 is 33.9 Å². The van der Waals surface area contributed by atoms with Crippen LogP contribution in [0, 0.1) is 24.7 Å². The number of ether oxygens (including phenoxy) is 2. The van der Waals surface area contributed by atoms with E-state index in [9.17, 15) is 18.6 Å². The normalized spacial score (nSPS) is 28.6. The van der Waals surface area contributed by atoms with Crippen molar-refractivity contribution in [2.24, 2.45) is 22.1 Å². The molecule has 3 heterocycles. The van der Waals surface area contributed by atoms with Crippen molar-refractivity contribution in [1.82, 2.24) is 19.4 Å². The summed E-state index contributed by atoms with van der Waals surface area (Å²) in [7, 11) is -0.234. The summed E-state index contributed by atoms with van der Waals surface area (Å²) in [6.45, 7) is 8.35. The lowest BCUT2D eigenvalue weighted by atomic mass is 9.68. The summed E-state index contributed by atoms with van der Waals surface area (Å²) in [5.41, 5.74) is 4.91. The number of carbonyl (C=O) groups excluding carboxylic acids is 3. The Morgan fingerprint density at radius 1 is 1.17 bits per heavy atom. The number of benzene rings is 2. The highest BCUT2D eigenvalue weighted by atomic mass is 32.2. The number of aromatic nitrogens is 2. The van der Waals surface area contributed by atoms with Crippen LogP contribution < -0.4 is 14.4 Å². The molecule has 13 heteroatoms. The van der Waals surface area contributed by atoms with E-state index in [0.717, 1.165) is 37.8 Å². The van der Waals surface area contributed by atoms with Crippen molar-refractivity contribution in [1.29, 1.82) is 0 Å². The van der Waals surface area contributed by atoms with Gasteiger partial charge in [0.2, 0.25) is 0 Å². The van der Waals surface area contributed by atoms with Crippen molar-refractivity contribution in [3.8, 4) is 5.75 Å². The standard InChI is InChI=1S/C41H52N6O6S/c1-6-47-23-32(21-42-47)39(49)44-54(51)24-28(3)9-7-11-36(53-40(50)45(4)5)33-15-13-31(33)22-46-25-41(18-8-10-29-19-27(2)12-16-34(29)41)26-52-37-17-14-30(20-35(37)46)38(48)43-54/h7,11-12,14,16-17,19-21,23,28,31,33,36H,6,8-10,13,15,18,22,24-26H2,1-5H3,(H,43,44,48,49,51)/b11-7+/t28-,31-,33+,36-,41-,54?/m0/s1. The van der Waals surface area contributed by atoms with Crippen LogP contribution in [0.5, 0.6) is 5.75 Å². The fraction of sp³-hybridized carbons (Fsp3) is 0.512. The average Bonchev–Trinajstić information content (AvgIpc) is 3.55. The number of allylic oxidation sites excluding steroid dienone is 1. The summed E-state index contributed by atoms with van der Waals surface area (Å²) in [4.78, 5) is 44.2. The van der Waals surface area contributed by atoms with Crippen molar-refractivity contribution >= 4 is 33.5 Å². The average molecular weight is 757 g/mol. The maximum absolute atomic E-state index is 14.6. The molecule has 288 valence electrons. The van der Waals surface area contributed by atoms with Crippen LogP contribution in [-0.4, -0.2) is 82.4 Å². The summed E-state index contributed by atoms with van der Waals surface area (Å²) in [5.74, 6) is -0.609. The van der Waals surface area contributed by atoms with Crippen LogP contribution in [-0.2, 0) is 33.0 Å². The smallest absolute Gasteiger partial charge is 0.409 e. The molecular formula is C41H52N6O6S. The molecule has 2 aliphatic carbocycles. The topological polar surface area (TPSA) is 135 Å². The lowest BCUT2D eigenvalue weighted by molar-refractivity contribution is 0.0140. The van der Waals surface area contributed by atoms with E-state index in [2.05, 4.69) is 44.2 Å². The third kappa shape index (κ3) is 7.78. The summed E-state index contributed by atoms with van der Waals surface area (Å²) in [6, 6.07) is 12.0. The van der Waals surface area contributed by atoms with Crippen LogP contribution in [0.3, 0.4) is 0 Å². The second-order valence-electron chi connectivity index (χ2n) is 15.9. The molecule has 12 nitrogen and oxygen atoms in total. The van der Waals surface area contributed by atoms with Gasteiger partial charge in [-0.05, 0) is 99.6 Å². The first kappa shape index (κ1) is 37.7. The molecule has 6 atom stereocenters. The largest absolute Gasteiger partial charge is 0.490 e. The molecule has 1 spiro atoms. The quantitative estimate of drug-likeness (QED) is 0.306.